The second-order valence-electron chi connectivity index (χ2n) is 7.61. The molecule has 0 bridgehead atoms. The lowest BCUT2D eigenvalue weighted by Crippen LogP contribution is -2.13. The van der Waals surface area contributed by atoms with E-state index < -0.39 is 17.6 Å². The van der Waals surface area contributed by atoms with Crippen LogP contribution in [-0.2, 0) is 6.18 Å². The van der Waals surface area contributed by atoms with Crippen LogP contribution in [0.15, 0.2) is 60.7 Å². The summed E-state index contributed by atoms with van der Waals surface area (Å²) in [6.45, 7) is 5.56. The first-order chi connectivity index (χ1) is 16.1. The second-order valence-corrected chi connectivity index (χ2v) is 7.61. The van der Waals surface area contributed by atoms with Gasteiger partial charge in [-0.15, -0.1) is 0 Å². The molecule has 7 nitrogen and oxygen atoms in total. The molecule has 0 saturated heterocycles. The largest absolute Gasteiger partial charge is 0.439 e. The molecule has 1 N–H and O–H groups in total. The fraction of sp³-hybridized carbons (Fsp3) is 0.167. The summed E-state index contributed by atoms with van der Waals surface area (Å²) in [4.78, 5) is 21.1. The van der Waals surface area contributed by atoms with E-state index >= 15 is 0 Å². The van der Waals surface area contributed by atoms with Crippen molar-refractivity contribution in [1.82, 2.24) is 19.7 Å². The molecule has 4 rings (SSSR count). The van der Waals surface area contributed by atoms with Gasteiger partial charge < -0.3 is 10.1 Å². The number of nitrogens with zero attached hydrogens (tertiary/aromatic N) is 4. The summed E-state index contributed by atoms with van der Waals surface area (Å²) in [5.41, 5.74) is 1.20. The Morgan fingerprint density at radius 2 is 1.71 bits per heavy atom. The van der Waals surface area contributed by atoms with Crippen molar-refractivity contribution < 1.29 is 22.7 Å². The number of amides is 1. The first kappa shape index (κ1) is 23.0. The number of nitrogens with one attached hydrogen (secondary N) is 1. The average Bonchev–Trinajstić information content (AvgIpc) is 3.12. The van der Waals surface area contributed by atoms with Gasteiger partial charge in [0.05, 0.1) is 11.3 Å². The van der Waals surface area contributed by atoms with Crippen LogP contribution >= 0.6 is 0 Å². The van der Waals surface area contributed by atoms with E-state index in [4.69, 9.17) is 4.74 Å². The molecule has 0 unspecified atom stereocenters. The van der Waals surface area contributed by atoms with E-state index in [2.05, 4.69) is 20.4 Å². The number of benzene rings is 2. The average molecular weight is 467 g/mol. The topological polar surface area (TPSA) is 81.9 Å². The van der Waals surface area contributed by atoms with Gasteiger partial charge in [-0.05, 0) is 69.3 Å². The Bertz CT molecular complexity index is 1350. The van der Waals surface area contributed by atoms with Crippen LogP contribution in [-0.4, -0.2) is 25.7 Å². The number of carbonyl (C=O) groups excluding carboxylic acids is 1. The smallest absolute Gasteiger partial charge is 0.416 e. The first-order valence-electron chi connectivity index (χ1n) is 10.2. The highest BCUT2D eigenvalue weighted by Crippen LogP contribution is 2.30. The zero-order chi connectivity index (χ0) is 24.5. The number of anilines is 1. The van der Waals surface area contributed by atoms with Crippen LogP contribution in [0.2, 0.25) is 0 Å². The molecule has 0 atom stereocenters. The van der Waals surface area contributed by atoms with Crippen molar-refractivity contribution in [2.45, 2.75) is 26.9 Å². The zero-order valence-corrected chi connectivity index (χ0v) is 18.5. The van der Waals surface area contributed by atoms with E-state index in [0.717, 1.165) is 23.5 Å². The van der Waals surface area contributed by atoms with Crippen molar-refractivity contribution >= 4 is 11.6 Å². The maximum atomic E-state index is 12.9. The Morgan fingerprint density at radius 1 is 0.971 bits per heavy atom. The highest BCUT2D eigenvalue weighted by atomic mass is 19.4. The standard InChI is InChI=1S/C24H20F3N5O2/c1-14-11-15(2)32(31-14)21-13-22(29-16(3)28-21)34-20-9-7-19(8-10-20)30-23(33)17-5-4-6-18(12-17)24(25,26)27/h4-13H,1-3H3,(H,30,33). The van der Waals surface area contributed by atoms with Crippen LogP contribution in [0, 0.1) is 20.8 Å². The SMILES string of the molecule is Cc1cc(C)n(-c2cc(Oc3ccc(NC(=O)c4cccc(C(F)(F)F)c4)cc3)nc(C)n2)n1. The predicted octanol–water partition coefficient (Wildman–Crippen LogP) is 5.65. The third-order valence-corrected chi connectivity index (χ3v) is 4.81. The molecule has 2 heterocycles. The molecule has 0 aliphatic carbocycles. The van der Waals surface area contributed by atoms with Crippen LogP contribution in [0.1, 0.15) is 33.1 Å². The third kappa shape index (κ3) is 5.22. The molecule has 0 fully saturated rings. The summed E-state index contributed by atoms with van der Waals surface area (Å²) in [5, 5.41) is 7.00. The Hall–Kier alpha value is -4.21. The molecule has 0 spiro atoms. The van der Waals surface area contributed by atoms with Gasteiger partial charge in [-0.25, -0.2) is 9.67 Å². The summed E-state index contributed by atoms with van der Waals surface area (Å²) < 4.78 is 46.2. The molecule has 0 aliphatic rings. The molecular formula is C24H20F3N5O2. The van der Waals surface area contributed by atoms with E-state index in [0.29, 0.717) is 29.0 Å². The van der Waals surface area contributed by atoms with Gasteiger partial charge in [-0.2, -0.15) is 23.3 Å². The number of aryl methyl sites for hydroxylation is 3. The summed E-state index contributed by atoms with van der Waals surface area (Å²) in [7, 11) is 0. The van der Waals surface area contributed by atoms with Gasteiger partial charge >= 0.3 is 6.18 Å². The van der Waals surface area contributed by atoms with Crippen LogP contribution in [0.25, 0.3) is 5.82 Å². The van der Waals surface area contributed by atoms with Crippen molar-refractivity contribution in [3.63, 3.8) is 0 Å². The molecular weight excluding hydrogens is 447 g/mol. The van der Waals surface area contributed by atoms with Crippen LogP contribution < -0.4 is 10.1 Å². The summed E-state index contributed by atoms with van der Waals surface area (Å²) in [6.07, 6.45) is -4.52. The molecule has 0 saturated carbocycles. The Labute approximate surface area is 193 Å². The van der Waals surface area contributed by atoms with Crippen LogP contribution in [0.5, 0.6) is 11.6 Å². The molecule has 0 radical (unpaired) electrons. The summed E-state index contributed by atoms with van der Waals surface area (Å²) in [5.74, 6) is 1.19. The summed E-state index contributed by atoms with van der Waals surface area (Å²) in [6, 6.07) is 14.2. The van der Waals surface area contributed by atoms with Gasteiger partial charge in [0, 0.05) is 23.0 Å². The van der Waals surface area contributed by atoms with Crippen molar-refractivity contribution in [3.8, 4) is 17.4 Å². The lowest BCUT2D eigenvalue weighted by Gasteiger charge is -2.11. The highest BCUT2D eigenvalue weighted by molar-refractivity contribution is 6.04. The number of hydrogen-bond donors (Lipinski definition) is 1. The van der Waals surface area contributed by atoms with E-state index in [-0.39, 0.29) is 5.56 Å². The molecule has 0 aliphatic heterocycles. The lowest BCUT2D eigenvalue weighted by atomic mass is 10.1. The summed E-state index contributed by atoms with van der Waals surface area (Å²) >= 11 is 0. The molecule has 4 aromatic rings. The Morgan fingerprint density at radius 3 is 2.35 bits per heavy atom. The van der Waals surface area contributed by atoms with Gasteiger partial charge in [-0.3, -0.25) is 4.79 Å². The van der Waals surface area contributed by atoms with Gasteiger partial charge in [0.25, 0.3) is 5.91 Å². The quantitative estimate of drug-likeness (QED) is 0.410. The first-order valence-corrected chi connectivity index (χ1v) is 10.2. The zero-order valence-electron chi connectivity index (χ0n) is 18.5. The normalized spacial score (nSPS) is 11.4. The third-order valence-electron chi connectivity index (χ3n) is 4.81. The maximum absolute atomic E-state index is 12.9. The van der Waals surface area contributed by atoms with Crippen molar-refractivity contribution in [2.75, 3.05) is 5.32 Å². The van der Waals surface area contributed by atoms with Crippen molar-refractivity contribution in [2.24, 2.45) is 0 Å². The van der Waals surface area contributed by atoms with Crippen molar-refractivity contribution in [1.29, 1.82) is 0 Å². The van der Waals surface area contributed by atoms with Gasteiger partial charge in [0.1, 0.15) is 11.6 Å². The monoisotopic (exact) mass is 467 g/mol. The predicted molar refractivity (Wildman–Crippen MR) is 119 cm³/mol. The molecule has 1 amide bonds. The highest BCUT2D eigenvalue weighted by Gasteiger charge is 2.30. The van der Waals surface area contributed by atoms with Gasteiger partial charge in [-0.1, -0.05) is 6.07 Å². The fourth-order valence-corrected chi connectivity index (χ4v) is 3.31. The minimum absolute atomic E-state index is 0.0942. The van der Waals surface area contributed by atoms with Crippen LogP contribution in [0.3, 0.4) is 0 Å². The van der Waals surface area contributed by atoms with E-state index in [9.17, 15) is 18.0 Å². The molecule has 2 aromatic carbocycles. The molecule has 10 heteroatoms. The van der Waals surface area contributed by atoms with E-state index in [1.165, 1.54) is 12.1 Å². The number of carbonyl (C=O) groups is 1. The van der Waals surface area contributed by atoms with Gasteiger partial charge in [0.15, 0.2) is 5.82 Å². The molecule has 2 aromatic heterocycles. The van der Waals surface area contributed by atoms with Gasteiger partial charge in [0.2, 0.25) is 5.88 Å². The lowest BCUT2D eigenvalue weighted by molar-refractivity contribution is -0.137. The number of hydrogen-bond acceptors (Lipinski definition) is 5. The number of alkyl halides is 3. The van der Waals surface area contributed by atoms with E-state index in [1.807, 2.05) is 19.9 Å². The second kappa shape index (κ2) is 8.97. The van der Waals surface area contributed by atoms with Crippen LogP contribution in [0.4, 0.5) is 18.9 Å². The Kier molecular flexibility index (Phi) is 6.06. The molecule has 174 valence electrons. The maximum Gasteiger partial charge on any atom is 0.416 e. The van der Waals surface area contributed by atoms with E-state index in [1.54, 1.807) is 41.9 Å². The van der Waals surface area contributed by atoms with Crippen molar-refractivity contribution in [3.05, 3.63) is 89.0 Å². The number of rotatable bonds is 5. The molecule has 34 heavy (non-hydrogen) atoms. The number of halogens is 3. The minimum atomic E-state index is -4.52. The fourth-order valence-electron chi connectivity index (χ4n) is 3.31. The number of aromatic nitrogens is 4. The minimum Gasteiger partial charge on any atom is -0.439 e. The number of ether oxygens (including phenoxy) is 1. The Balaban J connectivity index is 1.48.